The van der Waals surface area contributed by atoms with Crippen LogP contribution in [-0.2, 0) is 0 Å². The maximum Gasteiger partial charge on any atom is 0.130 e. The fourth-order valence-corrected chi connectivity index (χ4v) is 2.02. The molecule has 1 aromatic carbocycles. The zero-order chi connectivity index (χ0) is 12.4. The SMILES string of the molecule is Cc1cc(Nc2ccc(Br)cc2C)ncc1N. The summed E-state index contributed by atoms with van der Waals surface area (Å²) in [6.07, 6.45) is 1.67. The molecule has 3 N–H and O–H groups in total. The van der Waals surface area contributed by atoms with E-state index in [1.54, 1.807) is 6.20 Å². The first-order chi connectivity index (χ1) is 8.06. The fraction of sp³-hybridized carbons (Fsp3) is 0.154. The minimum atomic E-state index is 0.711. The third kappa shape index (κ3) is 2.77. The van der Waals surface area contributed by atoms with Gasteiger partial charge in [0.1, 0.15) is 5.82 Å². The molecule has 0 radical (unpaired) electrons. The van der Waals surface area contributed by atoms with Crippen molar-refractivity contribution in [3.63, 3.8) is 0 Å². The molecule has 0 bridgehead atoms. The van der Waals surface area contributed by atoms with E-state index in [0.29, 0.717) is 5.69 Å². The zero-order valence-electron chi connectivity index (χ0n) is 9.79. The minimum Gasteiger partial charge on any atom is -0.397 e. The van der Waals surface area contributed by atoms with Gasteiger partial charge >= 0.3 is 0 Å². The molecule has 4 heteroatoms. The molecule has 88 valence electrons. The van der Waals surface area contributed by atoms with E-state index in [1.165, 1.54) is 0 Å². The average Bonchev–Trinajstić information content (AvgIpc) is 2.27. The highest BCUT2D eigenvalue weighted by Gasteiger charge is 2.02. The van der Waals surface area contributed by atoms with Crippen LogP contribution in [0.25, 0.3) is 0 Å². The Labute approximate surface area is 109 Å². The van der Waals surface area contributed by atoms with E-state index in [-0.39, 0.29) is 0 Å². The third-order valence-corrected chi connectivity index (χ3v) is 3.10. The summed E-state index contributed by atoms with van der Waals surface area (Å²) in [5, 5.41) is 3.28. The van der Waals surface area contributed by atoms with E-state index in [0.717, 1.165) is 27.1 Å². The Morgan fingerprint density at radius 3 is 2.59 bits per heavy atom. The first-order valence-electron chi connectivity index (χ1n) is 5.31. The van der Waals surface area contributed by atoms with Gasteiger partial charge in [-0.15, -0.1) is 0 Å². The van der Waals surface area contributed by atoms with Crippen LogP contribution in [0.5, 0.6) is 0 Å². The molecule has 2 rings (SSSR count). The van der Waals surface area contributed by atoms with Crippen LogP contribution in [0, 0.1) is 13.8 Å². The Morgan fingerprint density at radius 2 is 1.94 bits per heavy atom. The number of hydrogen-bond donors (Lipinski definition) is 2. The third-order valence-electron chi connectivity index (χ3n) is 2.60. The number of aromatic nitrogens is 1. The molecule has 3 nitrogen and oxygen atoms in total. The summed E-state index contributed by atoms with van der Waals surface area (Å²) in [5.41, 5.74) is 9.68. The summed E-state index contributed by atoms with van der Waals surface area (Å²) in [6.45, 7) is 4.02. The van der Waals surface area contributed by atoms with Gasteiger partial charge in [-0.2, -0.15) is 0 Å². The Morgan fingerprint density at radius 1 is 1.18 bits per heavy atom. The molecule has 0 unspecified atom stereocenters. The molecular formula is C13H14BrN3. The second kappa shape index (κ2) is 4.75. The maximum atomic E-state index is 5.74. The van der Waals surface area contributed by atoms with Crippen LogP contribution in [0.1, 0.15) is 11.1 Å². The van der Waals surface area contributed by atoms with Crippen LogP contribution in [0.2, 0.25) is 0 Å². The summed E-state index contributed by atoms with van der Waals surface area (Å²) in [4.78, 5) is 4.25. The van der Waals surface area contributed by atoms with Crippen molar-refractivity contribution in [3.05, 3.63) is 46.1 Å². The van der Waals surface area contributed by atoms with E-state index in [2.05, 4.69) is 39.2 Å². The van der Waals surface area contributed by atoms with Crippen molar-refractivity contribution in [2.24, 2.45) is 0 Å². The van der Waals surface area contributed by atoms with Gasteiger partial charge in [-0.25, -0.2) is 4.98 Å². The first-order valence-corrected chi connectivity index (χ1v) is 6.11. The van der Waals surface area contributed by atoms with Crippen molar-refractivity contribution < 1.29 is 0 Å². The van der Waals surface area contributed by atoms with Crippen LogP contribution < -0.4 is 11.1 Å². The maximum absolute atomic E-state index is 5.74. The summed E-state index contributed by atoms with van der Waals surface area (Å²) >= 11 is 3.44. The van der Waals surface area contributed by atoms with E-state index in [9.17, 15) is 0 Å². The van der Waals surface area contributed by atoms with Crippen LogP contribution in [-0.4, -0.2) is 4.98 Å². The van der Waals surface area contributed by atoms with Gasteiger partial charge in [-0.1, -0.05) is 15.9 Å². The number of aryl methyl sites for hydroxylation is 2. The Balaban J connectivity index is 2.28. The second-order valence-electron chi connectivity index (χ2n) is 4.01. The van der Waals surface area contributed by atoms with Gasteiger partial charge in [0.25, 0.3) is 0 Å². The van der Waals surface area contributed by atoms with E-state index in [4.69, 9.17) is 5.73 Å². The minimum absolute atomic E-state index is 0.711. The largest absolute Gasteiger partial charge is 0.397 e. The number of nitrogens with two attached hydrogens (primary N) is 1. The lowest BCUT2D eigenvalue weighted by Gasteiger charge is -2.10. The standard InChI is InChI=1S/C13H14BrN3/c1-8-6-13(16-7-11(8)15)17-12-4-3-10(14)5-9(12)2/h3-7H,15H2,1-2H3,(H,16,17). The molecule has 2 aromatic rings. The van der Waals surface area contributed by atoms with E-state index >= 15 is 0 Å². The summed E-state index contributed by atoms with van der Waals surface area (Å²) < 4.78 is 1.07. The number of nitrogen functional groups attached to an aromatic ring is 1. The number of pyridine rings is 1. The van der Waals surface area contributed by atoms with Crippen molar-refractivity contribution in [2.75, 3.05) is 11.1 Å². The summed E-state index contributed by atoms with van der Waals surface area (Å²) in [6, 6.07) is 8.02. The number of rotatable bonds is 2. The zero-order valence-corrected chi connectivity index (χ0v) is 11.4. The molecule has 17 heavy (non-hydrogen) atoms. The number of hydrogen-bond acceptors (Lipinski definition) is 3. The Hall–Kier alpha value is -1.55. The predicted molar refractivity (Wildman–Crippen MR) is 75.5 cm³/mol. The molecule has 0 saturated carbocycles. The number of benzene rings is 1. The smallest absolute Gasteiger partial charge is 0.130 e. The van der Waals surface area contributed by atoms with Crippen molar-refractivity contribution in [3.8, 4) is 0 Å². The molecular weight excluding hydrogens is 278 g/mol. The second-order valence-corrected chi connectivity index (χ2v) is 4.93. The van der Waals surface area contributed by atoms with Gasteiger partial charge in [0, 0.05) is 10.2 Å². The molecule has 0 spiro atoms. The van der Waals surface area contributed by atoms with Crippen LogP contribution >= 0.6 is 15.9 Å². The summed E-state index contributed by atoms with van der Waals surface area (Å²) in [5.74, 6) is 0.808. The fourth-order valence-electron chi connectivity index (χ4n) is 1.54. The number of anilines is 3. The number of halogens is 1. The molecule has 0 atom stereocenters. The Bertz CT molecular complexity index is 552. The van der Waals surface area contributed by atoms with Crippen molar-refractivity contribution in [1.82, 2.24) is 4.98 Å². The highest BCUT2D eigenvalue weighted by Crippen LogP contribution is 2.24. The van der Waals surface area contributed by atoms with Crippen LogP contribution in [0.3, 0.4) is 0 Å². The highest BCUT2D eigenvalue weighted by molar-refractivity contribution is 9.10. The van der Waals surface area contributed by atoms with Gasteiger partial charge in [0.2, 0.25) is 0 Å². The molecule has 0 aliphatic heterocycles. The lowest BCUT2D eigenvalue weighted by atomic mass is 10.2. The first kappa shape index (κ1) is 11.9. The topological polar surface area (TPSA) is 50.9 Å². The van der Waals surface area contributed by atoms with Crippen molar-refractivity contribution >= 4 is 33.1 Å². The highest BCUT2D eigenvalue weighted by atomic mass is 79.9. The van der Waals surface area contributed by atoms with Gasteiger partial charge < -0.3 is 11.1 Å². The van der Waals surface area contributed by atoms with Gasteiger partial charge in [-0.3, -0.25) is 0 Å². The lowest BCUT2D eigenvalue weighted by Crippen LogP contribution is -1.98. The predicted octanol–water partition coefficient (Wildman–Crippen LogP) is 3.79. The van der Waals surface area contributed by atoms with Crippen molar-refractivity contribution in [2.45, 2.75) is 13.8 Å². The molecule has 1 heterocycles. The monoisotopic (exact) mass is 291 g/mol. The number of nitrogens with one attached hydrogen (secondary N) is 1. The van der Waals surface area contributed by atoms with Crippen LogP contribution in [0.15, 0.2) is 34.9 Å². The van der Waals surface area contributed by atoms with E-state index < -0.39 is 0 Å². The molecule has 0 saturated heterocycles. The Kier molecular flexibility index (Phi) is 3.33. The average molecular weight is 292 g/mol. The quantitative estimate of drug-likeness (QED) is 0.885. The van der Waals surface area contributed by atoms with Gasteiger partial charge in [0.05, 0.1) is 11.9 Å². The van der Waals surface area contributed by atoms with Gasteiger partial charge in [0.15, 0.2) is 0 Å². The van der Waals surface area contributed by atoms with Crippen molar-refractivity contribution in [1.29, 1.82) is 0 Å². The normalized spacial score (nSPS) is 10.3. The molecule has 0 aliphatic rings. The molecule has 1 aromatic heterocycles. The molecule has 0 aliphatic carbocycles. The summed E-state index contributed by atoms with van der Waals surface area (Å²) in [7, 11) is 0. The lowest BCUT2D eigenvalue weighted by molar-refractivity contribution is 1.27. The van der Waals surface area contributed by atoms with E-state index in [1.807, 2.05) is 25.1 Å². The molecule has 0 amide bonds. The molecule has 0 fully saturated rings. The van der Waals surface area contributed by atoms with Gasteiger partial charge in [-0.05, 0) is 49.2 Å². The van der Waals surface area contributed by atoms with Crippen LogP contribution in [0.4, 0.5) is 17.2 Å². The number of nitrogens with zero attached hydrogens (tertiary/aromatic N) is 1.